The van der Waals surface area contributed by atoms with Crippen LogP contribution in [0.3, 0.4) is 0 Å². The zero-order chi connectivity index (χ0) is 5.11. The molecule has 0 aliphatic rings. The van der Waals surface area contributed by atoms with Crippen molar-refractivity contribution >= 4 is 0 Å². The van der Waals surface area contributed by atoms with Crippen molar-refractivity contribution in [1.82, 2.24) is 4.98 Å². The standard InChI is InChI=1S/C5H4NO.Y/c7-5-2-1-3-6-4-5;/h1-2,4,7H;/q-1;. The Morgan fingerprint density at radius 1 is 1.62 bits per heavy atom. The Morgan fingerprint density at radius 2 is 2.38 bits per heavy atom. The summed E-state index contributed by atoms with van der Waals surface area (Å²) in [6.07, 6.45) is 3.86. The van der Waals surface area contributed by atoms with Gasteiger partial charge in [-0.25, -0.2) is 0 Å². The predicted octanol–water partition coefficient (Wildman–Crippen LogP) is 0.585. The summed E-state index contributed by atoms with van der Waals surface area (Å²) in [5, 5.41) is 8.55. The molecule has 0 atom stereocenters. The van der Waals surface area contributed by atoms with Crippen LogP contribution < -0.4 is 0 Å². The fraction of sp³-hybridized carbons (Fsp3) is 0. The minimum Gasteiger partial charge on any atom is -0.532 e. The summed E-state index contributed by atoms with van der Waals surface area (Å²) in [6.45, 7) is 0. The van der Waals surface area contributed by atoms with Crippen LogP contribution in [0.1, 0.15) is 0 Å². The van der Waals surface area contributed by atoms with Gasteiger partial charge in [0.15, 0.2) is 0 Å². The van der Waals surface area contributed by atoms with E-state index in [1.54, 1.807) is 6.07 Å². The quantitative estimate of drug-likeness (QED) is 0.597. The van der Waals surface area contributed by atoms with Gasteiger partial charge >= 0.3 is 0 Å². The number of hydrogen-bond acceptors (Lipinski definition) is 2. The van der Waals surface area contributed by atoms with Gasteiger partial charge in [0.1, 0.15) is 0 Å². The average molecular weight is 183 g/mol. The van der Waals surface area contributed by atoms with Crippen molar-refractivity contribution in [3.63, 3.8) is 0 Å². The summed E-state index contributed by atoms with van der Waals surface area (Å²) >= 11 is 0. The second-order valence-electron chi connectivity index (χ2n) is 1.15. The SMILES string of the molecule is Oc1cc[c-]nc1.[Y]. The molecular formula is C5H4NOY-. The molecule has 0 bridgehead atoms. The molecule has 0 unspecified atom stereocenters. The number of hydrogen-bond donors (Lipinski definition) is 1. The molecule has 0 fully saturated rings. The molecule has 39 valence electrons. The molecule has 0 saturated heterocycles. The van der Waals surface area contributed by atoms with E-state index in [2.05, 4.69) is 11.2 Å². The Balaban J connectivity index is 0.000000490. The number of pyridine rings is 1. The molecule has 0 aliphatic heterocycles. The number of aromatic hydroxyl groups is 1. The molecule has 1 radical (unpaired) electrons. The summed E-state index contributed by atoms with van der Waals surface area (Å²) in [5.41, 5.74) is 0. The van der Waals surface area contributed by atoms with Crippen LogP contribution in [-0.4, -0.2) is 10.1 Å². The van der Waals surface area contributed by atoms with Crippen LogP contribution in [-0.2, 0) is 32.7 Å². The number of rotatable bonds is 0. The monoisotopic (exact) mass is 183 g/mol. The van der Waals surface area contributed by atoms with E-state index >= 15 is 0 Å². The van der Waals surface area contributed by atoms with Crippen molar-refractivity contribution in [2.24, 2.45) is 0 Å². The van der Waals surface area contributed by atoms with Gasteiger partial charge in [-0.1, -0.05) is 6.20 Å². The van der Waals surface area contributed by atoms with Crippen LogP contribution >= 0.6 is 0 Å². The summed E-state index contributed by atoms with van der Waals surface area (Å²) < 4.78 is 0. The van der Waals surface area contributed by atoms with Gasteiger partial charge in [0, 0.05) is 38.5 Å². The molecular weight excluding hydrogens is 179 g/mol. The van der Waals surface area contributed by atoms with Gasteiger partial charge in [0.2, 0.25) is 0 Å². The van der Waals surface area contributed by atoms with Crippen LogP contribution in [0.4, 0.5) is 0 Å². The van der Waals surface area contributed by atoms with Gasteiger partial charge in [-0.3, -0.25) is 0 Å². The first-order valence-corrected chi connectivity index (χ1v) is 1.90. The summed E-state index contributed by atoms with van der Waals surface area (Å²) in [7, 11) is 0. The van der Waals surface area contributed by atoms with Crippen molar-refractivity contribution in [3.05, 3.63) is 24.5 Å². The van der Waals surface area contributed by atoms with Gasteiger partial charge in [-0.05, 0) is 6.20 Å². The molecule has 1 aromatic heterocycles. The predicted molar refractivity (Wildman–Crippen MR) is 24.7 cm³/mol. The molecule has 0 aliphatic carbocycles. The molecule has 1 rings (SSSR count). The molecule has 2 nitrogen and oxygen atoms in total. The summed E-state index contributed by atoms with van der Waals surface area (Å²) in [4.78, 5) is 3.51. The first-order chi connectivity index (χ1) is 3.39. The maximum atomic E-state index is 8.55. The topological polar surface area (TPSA) is 33.1 Å². The van der Waals surface area contributed by atoms with Crippen molar-refractivity contribution in [2.75, 3.05) is 0 Å². The van der Waals surface area contributed by atoms with E-state index in [0.29, 0.717) is 0 Å². The van der Waals surface area contributed by atoms with E-state index < -0.39 is 0 Å². The molecule has 8 heavy (non-hydrogen) atoms. The Hall–Kier alpha value is 0.0539. The zero-order valence-corrected chi connectivity index (χ0v) is 7.04. The second-order valence-corrected chi connectivity index (χ2v) is 1.15. The van der Waals surface area contributed by atoms with Crippen molar-refractivity contribution < 1.29 is 37.8 Å². The smallest absolute Gasteiger partial charge is 0.0257 e. The van der Waals surface area contributed by atoms with E-state index in [9.17, 15) is 0 Å². The van der Waals surface area contributed by atoms with Crippen LogP contribution in [0, 0.1) is 6.20 Å². The molecule has 1 N–H and O–H groups in total. The zero-order valence-electron chi connectivity index (χ0n) is 4.20. The summed E-state index contributed by atoms with van der Waals surface area (Å²) in [5.74, 6) is 0.179. The average Bonchev–Trinajstić information content (AvgIpc) is 1.69. The Bertz CT molecular complexity index is 142. The maximum absolute atomic E-state index is 8.55. The maximum Gasteiger partial charge on any atom is 0.0257 e. The van der Waals surface area contributed by atoms with Crippen LogP contribution in [0.5, 0.6) is 5.75 Å². The van der Waals surface area contributed by atoms with Gasteiger partial charge in [-0.15, -0.1) is 6.07 Å². The first kappa shape index (κ1) is 8.05. The number of aromatic nitrogens is 1. The minimum absolute atomic E-state index is 0. The third-order valence-electron chi connectivity index (χ3n) is 0.600. The molecule has 0 amide bonds. The van der Waals surface area contributed by atoms with Gasteiger partial charge in [-0.2, -0.15) is 6.07 Å². The Labute approximate surface area is 72.8 Å². The fourth-order valence-electron chi connectivity index (χ4n) is 0.312. The van der Waals surface area contributed by atoms with E-state index in [4.69, 9.17) is 5.11 Å². The Kier molecular flexibility index (Phi) is 4.01. The van der Waals surface area contributed by atoms with E-state index in [0.717, 1.165) is 0 Å². The van der Waals surface area contributed by atoms with E-state index in [1.807, 2.05) is 0 Å². The third kappa shape index (κ3) is 2.38. The third-order valence-corrected chi connectivity index (χ3v) is 0.600. The molecule has 1 heterocycles. The molecule has 0 spiro atoms. The van der Waals surface area contributed by atoms with E-state index in [-0.39, 0.29) is 38.5 Å². The Morgan fingerprint density at radius 3 is 2.62 bits per heavy atom. The van der Waals surface area contributed by atoms with E-state index in [1.165, 1.54) is 12.3 Å². The molecule has 0 aromatic carbocycles. The van der Waals surface area contributed by atoms with Gasteiger partial charge in [0.05, 0.1) is 0 Å². The van der Waals surface area contributed by atoms with Gasteiger partial charge in [0.25, 0.3) is 0 Å². The fourth-order valence-corrected chi connectivity index (χ4v) is 0.312. The van der Waals surface area contributed by atoms with Crippen LogP contribution in [0.25, 0.3) is 0 Å². The molecule has 3 heteroatoms. The number of nitrogens with zero attached hydrogens (tertiary/aromatic N) is 1. The van der Waals surface area contributed by atoms with Crippen molar-refractivity contribution in [1.29, 1.82) is 0 Å². The van der Waals surface area contributed by atoms with Crippen LogP contribution in [0.15, 0.2) is 18.3 Å². The first-order valence-electron chi connectivity index (χ1n) is 1.90. The molecule has 1 aromatic rings. The largest absolute Gasteiger partial charge is 0.532 e. The molecule has 0 saturated carbocycles. The van der Waals surface area contributed by atoms with Crippen molar-refractivity contribution in [2.45, 2.75) is 0 Å². The summed E-state index contributed by atoms with van der Waals surface area (Å²) in [6, 6.07) is 3.07. The van der Waals surface area contributed by atoms with Crippen molar-refractivity contribution in [3.8, 4) is 5.75 Å². The van der Waals surface area contributed by atoms with Gasteiger partial charge < -0.3 is 10.1 Å². The second kappa shape index (κ2) is 3.99. The normalized spacial score (nSPS) is 7.50. The minimum atomic E-state index is 0. The van der Waals surface area contributed by atoms with Crippen LogP contribution in [0.2, 0.25) is 0 Å².